The van der Waals surface area contributed by atoms with Crippen LogP contribution < -0.4 is 0 Å². The van der Waals surface area contributed by atoms with E-state index in [1.165, 1.54) is 22.5 Å². The second-order valence-electron chi connectivity index (χ2n) is 5.07. The molecule has 0 saturated carbocycles. The van der Waals surface area contributed by atoms with Crippen LogP contribution in [0.25, 0.3) is 0 Å². The maximum Gasteiger partial charge on any atom is 0.245 e. The zero-order valence-corrected chi connectivity index (χ0v) is 12.9. The van der Waals surface area contributed by atoms with Gasteiger partial charge in [0, 0.05) is 19.0 Å². The van der Waals surface area contributed by atoms with Crippen molar-refractivity contribution >= 4 is 21.6 Å². The van der Waals surface area contributed by atoms with Gasteiger partial charge in [0.25, 0.3) is 0 Å². The lowest BCUT2D eigenvalue weighted by atomic mass is 10.1. The molecule has 1 heterocycles. The quantitative estimate of drug-likeness (QED) is 0.799. The molecule has 1 aromatic carbocycles. The van der Waals surface area contributed by atoms with Gasteiger partial charge in [0.1, 0.15) is 10.7 Å². The molecule has 1 saturated heterocycles. The van der Waals surface area contributed by atoms with Crippen molar-refractivity contribution in [2.24, 2.45) is 0 Å². The number of hydrogen-bond donors (Lipinski definition) is 0. The zero-order chi connectivity index (χ0) is 14.6. The zero-order valence-electron chi connectivity index (χ0n) is 11.3. The molecule has 0 N–H and O–H groups in total. The third kappa shape index (κ3) is 3.51. The topological polar surface area (TPSA) is 37.4 Å². The number of alkyl halides is 1. The van der Waals surface area contributed by atoms with Crippen LogP contribution in [0.4, 0.5) is 4.39 Å². The summed E-state index contributed by atoms with van der Waals surface area (Å²) in [5.41, 5.74) is 0.610. The summed E-state index contributed by atoms with van der Waals surface area (Å²) in [6.07, 6.45) is 4.85. The highest BCUT2D eigenvalue weighted by Gasteiger charge is 2.27. The Kier molecular flexibility index (Phi) is 5.41. The molecule has 0 bridgehead atoms. The normalized spacial score (nSPS) is 18.5. The van der Waals surface area contributed by atoms with Crippen LogP contribution in [0.3, 0.4) is 0 Å². The lowest BCUT2D eigenvalue weighted by molar-refractivity contribution is 0.362. The van der Waals surface area contributed by atoms with Crippen LogP contribution in [0.2, 0.25) is 0 Å². The average molecular weight is 320 g/mol. The Hall–Kier alpha value is -0.650. The third-order valence-corrected chi connectivity index (χ3v) is 5.81. The minimum Gasteiger partial charge on any atom is -0.207 e. The van der Waals surface area contributed by atoms with Crippen molar-refractivity contribution in [3.8, 4) is 0 Å². The number of hydrogen-bond acceptors (Lipinski definition) is 2. The summed E-state index contributed by atoms with van der Waals surface area (Å²) in [5, 5.41) is 0. The largest absolute Gasteiger partial charge is 0.245 e. The predicted molar refractivity (Wildman–Crippen MR) is 77.8 cm³/mol. The smallest absolute Gasteiger partial charge is 0.207 e. The molecule has 6 heteroatoms. The van der Waals surface area contributed by atoms with Gasteiger partial charge in [0.15, 0.2) is 0 Å². The van der Waals surface area contributed by atoms with E-state index in [2.05, 4.69) is 0 Å². The van der Waals surface area contributed by atoms with Crippen molar-refractivity contribution in [2.45, 2.75) is 42.9 Å². The monoisotopic (exact) mass is 319 g/mol. The van der Waals surface area contributed by atoms with Gasteiger partial charge in [-0.15, -0.1) is 11.6 Å². The third-order valence-electron chi connectivity index (χ3n) is 3.58. The first-order chi connectivity index (χ1) is 9.55. The van der Waals surface area contributed by atoms with E-state index in [0.29, 0.717) is 18.7 Å². The molecule has 1 fully saturated rings. The van der Waals surface area contributed by atoms with E-state index in [-0.39, 0.29) is 10.8 Å². The molecule has 0 aromatic heterocycles. The van der Waals surface area contributed by atoms with Crippen molar-refractivity contribution < 1.29 is 12.8 Å². The van der Waals surface area contributed by atoms with Gasteiger partial charge in [-0.25, -0.2) is 12.8 Å². The molecule has 0 aliphatic carbocycles. The fraction of sp³-hybridized carbons (Fsp3) is 0.571. The molecule has 1 aliphatic rings. The molecule has 0 radical (unpaired) electrons. The van der Waals surface area contributed by atoms with Gasteiger partial charge in [0.05, 0.1) is 0 Å². The summed E-state index contributed by atoms with van der Waals surface area (Å²) in [7, 11) is -3.77. The van der Waals surface area contributed by atoms with Crippen LogP contribution in [0, 0.1) is 5.82 Å². The van der Waals surface area contributed by atoms with Gasteiger partial charge in [0.2, 0.25) is 10.0 Å². The molecule has 1 aromatic rings. The van der Waals surface area contributed by atoms with Gasteiger partial charge in [-0.1, -0.05) is 25.3 Å². The average Bonchev–Trinajstić information content (AvgIpc) is 2.38. The SMILES string of the molecule is O=S(=O)(c1cc(CCl)ccc1F)N1CCCCCCC1. The van der Waals surface area contributed by atoms with Gasteiger partial charge < -0.3 is 0 Å². The molecule has 3 nitrogen and oxygen atoms in total. The molecule has 112 valence electrons. The number of halogens is 2. The van der Waals surface area contributed by atoms with Gasteiger partial charge in [-0.3, -0.25) is 0 Å². The van der Waals surface area contributed by atoms with E-state index >= 15 is 0 Å². The second kappa shape index (κ2) is 6.87. The number of benzene rings is 1. The highest BCUT2D eigenvalue weighted by atomic mass is 35.5. The summed E-state index contributed by atoms with van der Waals surface area (Å²) in [4.78, 5) is -0.253. The van der Waals surface area contributed by atoms with E-state index in [4.69, 9.17) is 11.6 Å². The number of sulfonamides is 1. The van der Waals surface area contributed by atoms with Crippen molar-refractivity contribution in [3.63, 3.8) is 0 Å². The highest BCUT2D eigenvalue weighted by Crippen LogP contribution is 2.24. The maximum atomic E-state index is 13.9. The van der Waals surface area contributed by atoms with E-state index in [9.17, 15) is 12.8 Å². The molecule has 0 amide bonds. The predicted octanol–water partition coefficient (Wildman–Crippen LogP) is 3.52. The first kappa shape index (κ1) is 15.7. The molecule has 20 heavy (non-hydrogen) atoms. The lowest BCUT2D eigenvalue weighted by Crippen LogP contribution is -2.34. The van der Waals surface area contributed by atoms with Crippen LogP contribution in [0.1, 0.15) is 37.7 Å². The Morgan fingerprint density at radius 1 is 1.10 bits per heavy atom. The molecular formula is C14H19ClFNO2S. The number of rotatable bonds is 3. The van der Waals surface area contributed by atoms with E-state index in [0.717, 1.165) is 32.1 Å². The first-order valence-electron chi connectivity index (χ1n) is 6.90. The van der Waals surface area contributed by atoms with Crippen LogP contribution in [0.15, 0.2) is 23.1 Å². The fourth-order valence-corrected chi connectivity index (χ4v) is 4.22. The molecular weight excluding hydrogens is 301 g/mol. The molecule has 0 spiro atoms. The van der Waals surface area contributed by atoms with Gasteiger partial charge >= 0.3 is 0 Å². The second-order valence-corrected chi connectivity index (χ2v) is 7.24. The molecule has 0 unspecified atom stereocenters. The summed E-state index contributed by atoms with van der Waals surface area (Å²) < 4.78 is 40.5. The van der Waals surface area contributed by atoms with Gasteiger partial charge in [-0.2, -0.15) is 4.31 Å². The lowest BCUT2D eigenvalue weighted by Gasteiger charge is -2.24. The van der Waals surface area contributed by atoms with Crippen molar-refractivity contribution in [2.75, 3.05) is 13.1 Å². The van der Waals surface area contributed by atoms with E-state index in [1.54, 1.807) is 0 Å². The summed E-state index contributed by atoms with van der Waals surface area (Å²) in [5.74, 6) is -0.538. The van der Waals surface area contributed by atoms with Crippen LogP contribution in [-0.4, -0.2) is 25.8 Å². The maximum absolute atomic E-state index is 13.9. The first-order valence-corrected chi connectivity index (χ1v) is 8.87. The Labute approximate surface area is 124 Å². The summed E-state index contributed by atoms with van der Waals surface area (Å²) in [6.45, 7) is 0.930. The Morgan fingerprint density at radius 3 is 2.30 bits per heavy atom. The van der Waals surface area contributed by atoms with E-state index in [1.807, 2.05) is 0 Å². The van der Waals surface area contributed by atoms with Crippen molar-refractivity contribution in [1.82, 2.24) is 4.31 Å². The summed E-state index contributed by atoms with van der Waals surface area (Å²) in [6, 6.07) is 4.03. The summed E-state index contributed by atoms with van der Waals surface area (Å²) >= 11 is 5.70. The van der Waals surface area contributed by atoms with Gasteiger partial charge in [-0.05, 0) is 30.5 Å². The van der Waals surface area contributed by atoms with Crippen LogP contribution in [-0.2, 0) is 15.9 Å². The Morgan fingerprint density at radius 2 is 1.70 bits per heavy atom. The molecule has 1 aliphatic heterocycles. The van der Waals surface area contributed by atoms with E-state index < -0.39 is 15.8 Å². The Balaban J connectivity index is 2.32. The van der Waals surface area contributed by atoms with Crippen molar-refractivity contribution in [1.29, 1.82) is 0 Å². The van der Waals surface area contributed by atoms with Crippen molar-refractivity contribution in [3.05, 3.63) is 29.6 Å². The minimum absolute atomic E-state index is 0.169. The Bertz CT molecular complexity index is 554. The van der Waals surface area contributed by atoms with Crippen LogP contribution in [0.5, 0.6) is 0 Å². The minimum atomic E-state index is -3.77. The highest BCUT2D eigenvalue weighted by molar-refractivity contribution is 7.89. The number of nitrogens with zero attached hydrogens (tertiary/aromatic N) is 1. The molecule has 2 rings (SSSR count). The molecule has 0 atom stereocenters. The standard InChI is InChI=1S/C14H19ClFNO2S/c15-11-12-6-7-13(16)14(10-12)20(18,19)17-8-4-2-1-3-5-9-17/h6-7,10H,1-5,8-9,11H2. The van der Waals surface area contributed by atoms with Crippen LogP contribution >= 0.6 is 11.6 Å². The fourth-order valence-electron chi connectivity index (χ4n) is 2.43.